The van der Waals surface area contributed by atoms with Crippen molar-refractivity contribution in [2.24, 2.45) is 10.9 Å². The van der Waals surface area contributed by atoms with Crippen molar-refractivity contribution in [2.75, 3.05) is 27.3 Å². The zero-order valence-electron chi connectivity index (χ0n) is 22.8. The van der Waals surface area contributed by atoms with E-state index in [1.165, 1.54) is 25.3 Å². The number of esters is 2. The Kier molecular flexibility index (Phi) is 8.15. The van der Waals surface area contributed by atoms with Crippen LogP contribution < -0.4 is 4.74 Å². The second-order valence-corrected chi connectivity index (χ2v) is 10.2. The molecule has 4 rings (SSSR count). The molecule has 10 heteroatoms. The van der Waals surface area contributed by atoms with Crippen molar-refractivity contribution in [1.82, 2.24) is 4.90 Å². The van der Waals surface area contributed by atoms with Gasteiger partial charge >= 0.3 is 11.9 Å². The highest BCUT2D eigenvalue weighted by molar-refractivity contribution is 6.07. The molecule has 2 heterocycles. The van der Waals surface area contributed by atoms with E-state index >= 15 is 0 Å². The van der Waals surface area contributed by atoms with Gasteiger partial charge in [0.1, 0.15) is 17.3 Å². The van der Waals surface area contributed by atoms with E-state index in [1.54, 1.807) is 27.0 Å². The molecule has 2 aromatic carbocycles. The molecule has 206 valence electrons. The fourth-order valence-corrected chi connectivity index (χ4v) is 5.44. The van der Waals surface area contributed by atoms with Gasteiger partial charge in [-0.05, 0) is 44.0 Å². The number of nitrogens with zero attached hydrogens (tertiary/aromatic N) is 3. The molecule has 1 saturated heterocycles. The highest BCUT2D eigenvalue weighted by Crippen LogP contribution is 2.42. The molecule has 10 nitrogen and oxygen atoms in total. The van der Waals surface area contributed by atoms with Crippen LogP contribution in [-0.4, -0.2) is 60.4 Å². The highest BCUT2D eigenvalue weighted by atomic mass is 16.6. The summed E-state index contributed by atoms with van der Waals surface area (Å²) >= 11 is 0. The van der Waals surface area contributed by atoms with E-state index in [0.29, 0.717) is 36.5 Å². The van der Waals surface area contributed by atoms with Crippen molar-refractivity contribution >= 4 is 23.3 Å². The van der Waals surface area contributed by atoms with E-state index in [-0.39, 0.29) is 11.3 Å². The van der Waals surface area contributed by atoms with Crippen molar-refractivity contribution < 1.29 is 28.7 Å². The van der Waals surface area contributed by atoms with Gasteiger partial charge in [0.2, 0.25) is 0 Å². The van der Waals surface area contributed by atoms with E-state index in [4.69, 9.17) is 14.2 Å². The SMILES string of the molecule is COC(=O)C1C(C)=NC(C)=C(C(=O)OC2(C)CCN(Cc3ccc(OC)cc3)C2)C1c1cccc([N+](=O)[O-])c1. The average molecular weight is 536 g/mol. The summed E-state index contributed by atoms with van der Waals surface area (Å²) in [5.74, 6) is -2.16. The second kappa shape index (κ2) is 11.4. The Labute approximate surface area is 227 Å². The fourth-order valence-electron chi connectivity index (χ4n) is 5.44. The predicted molar refractivity (Wildman–Crippen MR) is 145 cm³/mol. The molecule has 0 radical (unpaired) electrons. The van der Waals surface area contributed by atoms with Crippen molar-refractivity contribution in [3.05, 3.63) is 81.0 Å². The maximum atomic E-state index is 13.8. The molecule has 3 atom stereocenters. The molecular formula is C29H33N3O7. The van der Waals surface area contributed by atoms with E-state index in [9.17, 15) is 19.7 Å². The van der Waals surface area contributed by atoms with Crippen LogP contribution in [0.3, 0.4) is 0 Å². The van der Waals surface area contributed by atoms with Crippen LogP contribution >= 0.6 is 0 Å². The largest absolute Gasteiger partial charge is 0.497 e. The van der Waals surface area contributed by atoms with Crippen molar-refractivity contribution in [2.45, 2.75) is 45.3 Å². The van der Waals surface area contributed by atoms with Crippen molar-refractivity contribution in [3.8, 4) is 5.75 Å². The first-order chi connectivity index (χ1) is 18.5. The average Bonchev–Trinajstić information content (AvgIpc) is 3.27. The summed E-state index contributed by atoms with van der Waals surface area (Å²) < 4.78 is 16.4. The van der Waals surface area contributed by atoms with Gasteiger partial charge in [0.15, 0.2) is 0 Å². The normalized spacial score (nSPS) is 23.3. The number of aliphatic imine (C=N–C) groups is 1. The maximum absolute atomic E-state index is 13.8. The molecule has 2 aromatic rings. The van der Waals surface area contributed by atoms with Crippen LogP contribution in [0.5, 0.6) is 5.75 Å². The van der Waals surface area contributed by atoms with Crippen molar-refractivity contribution in [3.63, 3.8) is 0 Å². The summed E-state index contributed by atoms with van der Waals surface area (Å²) in [4.78, 5) is 44.4. The molecular weight excluding hydrogens is 502 g/mol. The lowest BCUT2D eigenvalue weighted by Crippen LogP contribution is -2.40. The number of rotatable bonds is 8. The zero-order valence-corrected chi connectivity index (χ0v) is 22.8. The highest BCUT2D eigenvalue weighted by Gasteiger charge is 2.45. The number of hydrogen-bond donors (Lipinski definition) is 0. The maximum Gasteiger partial charge on any atom is 0.337 e. The molecule has 3 unspecified atom stereocenters. The Morgan fingerprint density at radius 2 is 1.87 bits per heavy atom. The first-order valence-electron chi connectivity index (χ1n) is 12.7. The summed E-state index contributed by atoms with van der Waals surface area (Å²) in [5, 5.41) is 11.5. The summed E-state index contributed by atoms with van der Waals surface area (Å²) in [6.45, 7) is 7.23. The van der Waals surface area contributed by atoms with E-state index in [1.807, 2.05) is 31.2 Å². The summed E-state index contributed by atoms with van der Waals surface area (Å²) in [7, 11) is 2.89. The summed E-state index contributed by atoms with van der Waals surface area (Å²) in [6.07, 6.45) is 0.630. The van der Waals surface area contributed by atoms with E-state index in [2.05, 4.69) is 9.89 Å². The first kappa shape index (κ1) is 28.0. The fraction of sp³-hybridized carbons (Fsp3) is 0.414. The van der Waals surface area contributed by atoms with Gasteiger partial charge in [0.05, 0.1) is 24.7 Å². The Morgan fingerprint density at radius 1 is 1.15 bits per heavy atom. The van der Waals surface area contributed by atoms with Crippen LogP contribution in [0.25, 0.3) is 0 Å². The molecule has 1 fully saturated rings. The lowest BCUT2D eigenvalue weighted by molar-refractivity contribution is -0.384. The standard InChI is InChI=1S/C29H33N3O7/c1-18-24(27(33)38-5)26(21-7-6-8-22(15-21)32(35)36)25(19(2)30-18)28(34)39-29(3)13-14-31(17-29)16-20-9-11-23(37-4)12-10-20/h6-12,15,24,26H,13-14,16-17H2,1-5H3. The number of methoxy groups -OCH3 is 2. The molecule has 2 aliphatic rings. The van der Waals surface area contributed by atoms with Crippen LogP contribution in [0, 0.1) is 16.0 Å². The van der Waals surface area contributed by atoms with Crippen LogP contribution in [0.2, 0.25) is 0 Å². The monoisotopic (exact) mass is 535 g/mol. The van der Waals surface area contributed by atoms with Crippen LogP contribution in [0.1, 0.15) is 44.2 Å². The Hall–Kier alpha value is -4.05. The third kappa shape index (κ3) is 6.01. The van der Waals surface area contributed by atoms with Crippen molar-refractivity contribution in [1.29, 1.82) is 0 Å². The van der Waals surface area contributed by atoms with E-state index < -0.39 is 34.3 Å². The third-order valence-corrected chi connectivity index (χ3v) is 7.36. The van der Waals surface area contributed by atoms with Gasteiger partial charge in [-0.1, -0.05) is 24.3 Å². The molecule has 0 bridgehead atoms. The zero-order chi connectivity index (χ0) is 28.3. The number of nitro groups is 1. The smallest absolute Gasteiger partial charge is 0.337 e. The molecule has 0 amide bonds. The van der Waals surface area contributed by atoms with E-state index in [0.717, 1.165) is 17.9 Å². The Morgan fingerprint density at radius 3 is 2.51 bits per heavy atom. The van der Waals surface area contributed by atoms with Gasteiger partial charge in [0, 0.05) is 55.5 Å². The Balaban J connectivity index is 1.60. The topological polar surface area (TPSA) is 121 Å². The number of allylic oxidation sites excluding steroid dienone is 1. The number of ether oxygens (including phenoxy) is 3. The number of benzene rings is 2. The minimum Gasteiger partial charge on any atom is -0.497 e. The summed E-state index contributed by atoms with van der Waals surface area (Å²) in [5.41, 5.74) is 1.73. The quantitative estimate of drug-likeness (QED) is 0.277. The van der Waals surface area contributed by atoms with Gasteiger partial charge in [-0.3, -0.25) is 24.8 Å². The van der Waals surface area contributed by atoms with Crippen LogP contribution in [0.15, 0.2) is 64.8 Å². The number of carbonyl (C=O) groups is 2. The number of likely N-dealkylation sites (tertiary alicyclic amines) is 1. The molecule has 0 aromatic heterocycles. The minimum absolute atomic E-state index is 0.140. The van der Waals surface area contributed by atoms with Gasteiger partial charge in [-0.2, -0.15) is 0 Å². The molecule has 2 aliphatic heterocycles. The molecule has 0 aliphatic carbocycles. The lowest BCUT2D eigenvalue weighted by atomic mass is 9.75. The summed E-state index contributed by atoms with van der Waals surface area (Å²) in [6, 6.07) is 13.8. The van der Waals surface area contributed by atoms with Crippen LogP contribution in [-0.2, 0) is 25.6 Å². The number of nitro benzene ring substituents is 1. The molecule has 0 N–H and O–H groups in total. The van der Waals surface area contributed by atoms with Crippen LogP contribution in [0.4, 0.5) is 5.69 Å². The van der Waals surface area contributed by atoms with Gasteiger partial charge in [-0.25, -0.2) is 4.79 Å². The third-order valence-electron chi connectivity index (χ3n) is 7.36. The molecule has 0 saturated carbocycles. The molecule has 39 heavy (non-hydrogen) atoms. The predicted octanol–water partition coefficient (Wildman–Crippen LogP) is 4.43. The number of non-ortho nitro benzene ring substituents is 1. The minimum atomic E-state index is -0.925. The Bertz CT molecular complexity index is 1330. The second-order valence-electron chi connectivity index (χ2n) is 10.2. The number of carbonyl (C=O) groups excluding carboxylic acids is 2. The molecule has 0 spiro atoms. The van der Waals surface area contributed by atoms with Gasteiger partial charge in [-0.15, -0.1) is 0 Å². The van der Waals surface area contributed by atoms with Gasteiger partial charge in [0.25, 0.3) is 5.69 Å². The number of hydrogen-bond acceptors (Lipinski definition) is 9. The van der Waals surface area contributed by atoms with Gasteiger partial charge < -0.3 is 14.2 Å². The first-order valence-corrected chi connectivity index (χ1v) is 12.7. The lowest BCUT2D eigenvalue weighted by Gasteiger charge is -2.33.